The predicted octanol–water partition coefficient (Wildman–Crippen LogP) is 4.30. The minimum Gasteiger partial charge on any atom is -0.464 e. The summed E-state index contributed by atoms with van der Waals surface area (Å²) in [5, 5.41) is 5.74. The van der Waals surface area contributed by atoms with Crippen LogP contribution in [0.3, 0.4) is 0 Å². The van der Waals surface area contributed by atoms with E-state index < -0.39 is 8.07 Å². The molecule has 0 amide bonds. The highest BCUT2D eigenvalue weighted by Gasteiger charge is 2.48. The number of fused-ring (bicyclic) bond motifs is 3. The molecule has 0 atom stereocenters. The number of benzene rings is 4. The van der Waals surface area contributed by atoms with Crippen LogP contribution in [0, 0.1) is 0 Å². The van der Waals surface area contributed by atoms with E-state index in [0.717, 1.165) is 11.3 Å². The molecule has 0 saturated heterocycles. The normalized spacial score (nSPS) is 13.6. The SMILES string of the molecule is c1ccc([Si]2(c3ccccc3)c3ccccc3-c3ccc(-c4ccco4)cc32)cc1. The molecule has 0 fully saturated rings. The first-order valence-electron chi connectivity index (χ1n) is 10.3. The van der Waals surface area contributed by atoms with Crippen molar-refractivity contribution in [2.75, 3.05) is 0 Å². The summed E-state index contributed by atoms with van der Waals surface area (Å²) in [6.07, 6.45) is 1.75. The largest absolute Gasteiger partial charge is 0.464 e. The summed E-state index contributed by atoms with van der Waals surface area (Å²) in [5.41, 5.74) is 3.84. The molecule has 6 rings (SSSR count). The zero-order valence-electron chi connectivity index (χ0n) is 16.5. The van der Waals surface area contributed by atoms with E-state index in [1.54, 1.807) is 6.26 Å². The summed E-state index contributed by atoms with van der Waals surface area (Å²) in [6.45, 7) is 0. The maximum absolute atomic E-state index is 5.75. The van der Waals surface area contributed by atoms with Crippen LogP contribution in [-0.2, 0) is 0 Å². The molecule has 30 heavy (non-hydrogen) atoms. The first kappa shape index (κ1) is 17.3. The van der Waals surface area contributed by atoms with Crippen LogP contribution in [0.4, 0.5) is 0 Å². The van der Waals surface area contributed by atoms with Crippen molar-refractivity contribution in [3.8, 4) is 22.5 Å². The van der Waals surface area contributed by atoms with Gasteiger partial charge in [0, 0.05) is 5.56 Å². The predicted molar refractivity (Wildman–Crippen MR) is 127 cm³/mol. The van der Waals surface area contributed by atoms with E-state index >= 15 is 0 Å². The molecule has 0 aliphatic carbocycles. The minimum atomic E-state index is -2.41. The second-order valence-corrected chi connectivity index (χ2v) is 11.5. The first-order valence-corrected chi connectivity index (χ1v) is 12.3. The zero-order chi connectivity index (χ0) is 20.0. The van der Waals surface area contributed by atoms with Gasteiger partial charge in [-0.3, -0.25) is 0 Å². The van der Waals surface area contributed by atoms with Crippen LogP contribution in [0.2, 0.25) is 0 Å². The Bertz CT molecular complexity index is 1280. The highest BCUT2D eigenvalue weighted by atomic mass is 28.3. The lowest BCUT2D eigenvalue weighted by molar-refractivity contribution is 0.582. The van der Waals surface area contributed by atoms with E-state index in [2.05, 4.69) is 103 Å². The van der Waals surface area contributed by atoms with Gasteiger partial charge in [-0.15, -0.1) is 0 Å². The van der Waals surface area contributed by atoms with Crippen LogP contribution >= 0.6 is 0 Å². The Morgan fingerprint density at radius 3 is 1.80 bits per heavy atom. The summed E-state index contributed by atoms with van der Waals surface area (Å²) in [6, 6.07) is 41.9. The maximum Gasteiger partial charge on any atom is 0.180 e. The van der Waals surface area contributed by atoms with Crippen LogP contribution < -0.4 is 20.7 Å². The second-order valence-electron chi connectivity index (χ2n) is 7.77. The van der Waals surface area contributed by atoms with E-state index in [1.165, 1.54) is 31.9 Å². The van der Waals surface area contributed by atoms with Gasteiger partial charge in [-0.25, -0.2) is 0 Å². The Kier molecular flexibility index (Phi) is 3.86. The molecule has 0 unspecified atom stereocenters. The van der Waals surface area contributed by atoms with Gasteiger partial charge in [-0.2, -0.15) is 0 Å². The maximum atomic E-state index is 5.75. The van der Waals surface area contributed by atoms with Gasteiger partial charge >= 0.3 is 0 Å². The number of hydrogen-bond donors (Lipinski definition) is 0. The lowest BCUT2D eigenvalue weighted by Gasteiger charge is -2.31. The van der Waals surface area contributed by atoms with Crippen LogP contribution in [0.5, 0.6) is 0 Å². The highest BCUT2D eigenvalue weighted by molar-refractivity contribution is 7.22. The minimum absolute atomic E-state index is 0.915. The molecule has 1 aliphatic rings. The average molecular weight is 401 g/mol. The monoisotopic (exact) mass is 400 g/mol. The van der Waals surface area contributed by atoms with E-state index in [-0.39, 0.29) is 0 Å². The van der Waals surface area contributed by atoms with Gasteiger partial charge in [0.1, 0.15) is 5.76 Å². The Morgan fingerprint density at radius 2 is 1.13 bits per heavy atom. The van der Waals surface area contributed by atoms with Crippen molar-refractivity contribution in [3.05, 3.63) is 122 Å². The van der Waals surface area contributed by atoms with Crippen LogP contribution in [-0.4, -0.2) is 8.07 Å². The Morgan fingerprint density at radius 1 is 0.500 bits per heavy atom. The summed E-state index contributed by atoms with van der Waals surface area (Å²) in [7, 11) is -2.41. The van der Waals surface area contributed by atoms with Crippen LogP contribution in [0.25, 0.3) is 22.5 Å². The molecule has 1 aliphatic heterocycles. The average Bonchev–Trinajstić information content (AvgIpc) is 3.46. The molecule has 2 heteroatoms. The van der Waals surface area contributed by atoms with Crippen molar-refractivity contribution in [1.82, 2.24) is 0 Å². The van der Waals surface area contributed by atoms with Gasteiger partial charge in [0.25, 0.3) is 0 Å². The summed E-state index contributed by atoms with van der Waals surface area (Å²) >= 11 is 0. The van der Waals surface area contributed by atoms with Gasteiger partial charge in [-0.1, -0.05) is 103 Å². The molecular formula is C28H20OSi. The molecule has 0 saturated carbocycles. The van der Waals surface area contributed by atoms with Crippen molar-refractivity contribution in [1.29, 1.82) is 0 Å². The van der Waals surface area contributed by atoms with Gasteiger partial charge < -0.3 is 4.42 Å². The Balaban J connectivity index is 1.76. The Hall–Kier alpha value is -3.62. The third-order valence-corrected chi connectivity index (χ3v) is 11.1. The molecule has 4 aromatic carbocycles. The number of hydrogen-bond acceptors (Lipinski definition) is 1. The van der Waals surface area contributed by atoms with Gasteiger partial charge in [0.15, 0.2) is 8.07 Å². The highest BCUT2D eigenvalue weighted by Crippen LogP contribution is 2.31. The summed E-state index contributed by atoms with van der Waals surface area (Å²) in [5.74, 6) is 0.915. The lowest BCUT2D eigenvalue weighted by Crippen LogP contribution is -2.72. The molecule has 142 valence electrons. The van der Waals surface area contributed by atoms with E-state index in [0.29, 0.717) is 0 Å². The molecular weight excluding hydrogens is 380 g/mol. The van der Waals surface area contributed by atoms with Crippen molar-refractivity contribution in [2.45, 2.75) is 0 Å². The fraction of sp³-hybridized carbons (Fsp3) is 0. The number of rotatable bonds is 3. The van der Waals surface area contributed by atoms with Crippen molar-refractivity contribution < 1.29 is 4.42 Å². The molecule has 0 spiro atoms. The molecule has 0 radical (unpaired) electrons. The molecule has 2 heterocycles. The number of furan rings is 1. The van der Waals surface area contributed by atoms with Gasteiger partial charge in [0.05, 0.1) is 6.26 Å². The lowest BCUT2D eigenvalue weighted by atomic mass is 10.0. The third kappa shape index (κ3) is 2.34. The summed E-state index contributed by atoms with van der Waals surface area (Å²) < 4.78 is 5.75. The van der Waals surface area contributed by atoms with Gasteiger partial charge in [-0.05, 0) is 44.0 Å². The van der Waals surface area contributed by atoms with Crippen molar-refractivity contribution >= 4 is 28.8 Å². The molecule has 0 bridgehead atoms. The van der Waals surface area contributed by atoms with Crippen molar-refractivity contribution in [2.24, 2.45) is 0 Å². The third-order valence-electron chi connectivity index (χ3n) is 6.26. The van der Waals surface area contributed by atoms with E-state index in [4.69, 9.17) is 4.42 Å². The first-order chi connectivity index (χ1) is 14.9. The molecule has 1 nitrogen and oxygen atoms in total. The fourth-order valence-corrected chi connectivity index (χ4v) is 10.3. The quantitative estimate of drug-likeness (QED) is 0.404. The van der Waals surface area contributed by atoms with E-state index in [1.807, 2.05) is 12.1 Å². The van der Waals surface area contributed by atoms with Crippen LogP contribution in [0.15, 0.2) is 126 Å². The molecule has 5 aromatic rings. The Labute approximate surface area is 177 Å². The standard InChI is InChI=1S/C28H20OSi/c1-3-10-22(11-4-1)30(23-12-5-2-6-13-23)27-16-8-7-14-24(27)25-18-17-21(20-28(25)30)26-15-9-19-29-26/h1-20H. The molecule has 0 N–H and O–H groups in total. The van der Waals surface area contributed by atoms with Gasteiger partial charge in [0.2, 0.25) is 0 Å². The molecule has 1 aromatic heterocycles. The van der Waals surface area contributed by atoms with Crippen molar-refractivity contribution in [3.63, 3.8) is 0 Å². The summed E-state index contributed by atoms with van der Waals surface area (Å²) in [4.78, 5) is 0. The second kappa shape index (κ2) is 6.72. The van der Waals surface area contributed by atoms with Crippen LogP contribution in [0.1, 0.15) is 0 Å². The zero-order valence-corrected chi connectivity index (χ0v) is 17.5. The smallest absolute Gasteiger partial charge is 0.180 e. The van der Waals surface area contributed by atoms with E-state index in [9.17, 15) is 0 Å². The fourth-order valence-electron chi connectivity index (χ4n) is 5.04. The topological polar surface area (TPSA) is 13.1 Å².